The normalized spacial score (nSPS) is 26.1. The van der Waals surface area contributed by atoms with Crippen molar-refractivity contribution in [1.82, 2.24) is 9.88 Å². The number of aromatic nitrogens is 1. The van der Waals surface area contributed by atoms with Gasteiger partial charge in [-0.25, -0.2) is 4.98 Å². The second kappa shape index (κ2) is 5.01. The fourth-order valence-corrected chi connectivity index (χ4v) is 4.21. The zero-order valence-electron chi connectivity index (χ0n) is 11.3. The first-order valence-electron chi connectivity index (χ1n) is 7.37. The Kier molecular flexibility index (Phi) is 3.15. The number of pyridine rings is 1. The minimum Gasteiger partial charge on any atom is -0.365 e. The van der Waals surface area contributed by atoms with Gasteiger partial charge < -0.3 is 5.32 Å². The maximum atomic E-state index is 4.58. The number of nitrogens with zero attached hydrogens (tertiary/aromatic N) is 2. The molecule has 1 aromatic carbocycles. The number of fused-ring (bicyclic) bond motifs is 2. The molecule has 4 rings (SSSR count). The second-order valence-corrected chi connectivity index (χ2v) is 6.63. The Morgan fingerprint density at radius 3 is 3.05 bits per heavy atom. The van der Waals surface area contributed by atoms with Crippen LogP contribution in [-0.2, 0) is 0 Å². The topological polar surface area (TPSA) is 28.2 Å². The Bertz CT molecular complexity index is 643. The molecule has 1 aromatic heterocycles. The second-order valence-electron chi connectivity index (χ2n) is 5.78. The highest BCUT2D eigenvalue weighted by molar-refractivity contribution is 9.10. The van der Waals surface area contributed by atoms with Crippen molar-refractivity contribution in [3.63, 3.8) is 0 Å². The van der Waals surface area contributed by atoms with Gasteiger partial charge in [-0.15, -0.1) is 0 Å². The summed E-state index contributed by atoms with van der Waals surface area (Å²) < 4.78 is 1.13. The van der Waals surface area contributed by atoms with Crippen molar-refractivity contribution in [3.05, 3.63) is 34.9 Å². The van der Waals surface area contributed by atoms with Crippen LogP contribution in [0.4, 0.5) is 5.82 Å². The molecule has 0 saturated carbocycles. The van der Waals surface area contributed by atoms with Crippen LogP contribution in [0.3, 0.4) is 0 Å². The molecule has 4 heteroatoms. The monoisotopic (exact) mass is 331 g/mol. The molecule has 2 aliphatic rings. The number of hydrogen-bond acceptors (Lipinski definition) is 3. The third-order valence-corrected chi connectivity index (χ3v) is 5.37. The largest absolute Gasteiger partial charge is 0.365 e. The van der Waals surface area contributed by atoms with E-state index in [9.17, 15) is 0 Å². The van der Waals surface area contributed by atoms with Gasteiger partial charge in [-0.3, -0.25) is 4.90 Å². The van der Waals surface area contributed by atoms with Gasteiger partial charge in [0.1, 0.15) is 5.82 Å². The Hall–Kier alpha value is -1.13. The molecule has 104 valence electrons. The first kappa shape index (κ1) is 12.6. The molecule has 3 heterocycles. The molecule has 1 N–H and O–H groups in total. The average Bonchev–Trinajstić information content (AvgIpc) is 3.05. The molecule has 2 fully saturated rings. The number of benzene rings is 1. The molecule has 0 aliphatic carbocycles. The first-order chi connectivity index (χ1) is 9.83. The number of anilines is 1. The van der Waals surface area contributed by atoms with Gasteiger partial charge in [0, 0.05) is 40.1 Å². The van der Waals surface area contributed by atoms with Crippen LogP contribution in [0.25, 0.3) is 10.8 Å². The van der Waals surface area contributed by atoms with Gasteiger partial charge in [-0.1, -0.05) is 28.1 Å². The van der Waals surface area contributed by atoms with E-state index in [1.165, 1.54) is 43.1 Å². The minimum absolute atomic E-state index is 0.551. The molecule has 2 aliphatic heterocycles. The van der Waals surface area contributed by atoms with E-state index >= 15 is 0 Å². The van der Waals surface area contributed by atoms with E-state index in [0.717, 1.165) is 10.3 Å². The summed E-state index contributed by atoms with van der Waals surface area (Å²) in [6.07, 6.45) is 5.80. The quantitative estimate of drug-likeness (QED) is 0.910. The maximum Gasteiger partial charge on any atom is 0.134 e. The molecular formula is C16H18BrN3. The van der Waals surface area contributed by atoms with Crippen molar-refractivity contribution in [1.29, 1.82) is 0 Å². The average molecular weight is 332 g/mol. The molecule has 2 aromatic rings. The lowest BCUT2D eigenvalue weighted by Gasteiger charge is -2.22. The van der Waals surface area contributed by atoms with Crippen LogP contribution in [-0.4, -0.2) is 35.1 Å². The lowest BCUT2D eigenvalue weighted by atomic mass is 10.1. The van der Waals surface area contributed by atoms with Crippen LogP contribution in [0, 0.1) is 0 Å². The number of hydrogen-bond donors (Lipinski definition) is 1. The van der Waals surface area contributed by atoms with Crippen LogP contribution in [0.5, 0.6) is 0 Å². The van der Waals surface area contributed by atoms with E-state index in [1.54, 1.807) is 0 Å². The Labute approximate surface area is 127 Å². The van der Waals surface area contributed by atoms with E-state index in [-0.39, 0.29) is 0 Å². The predicted molar refractivity (Wildman–Crippen MR) is 86.1 cm³/mol. The van der Waals surface area contributed by atoms with Gasteiger partial charge in [0.2, 0.25) is 0 Å². The molecule has 0 bridgehead atoms. The van der Waals surface area contributed by atoms with Crippen molar-refractivity contribution in [3.8, 4) is 0 Å². The Balaban J connectivity index is 1.67. The van der Waals surface area contributed by atoms with E-state index < -0.39 is 0 Å². The molecule has 0 spiro atoms. The van der Waals surface area contributed by atoms with Gasteiger partial charge in [-0.2, -0.15) is 0 Å². The summed E-state index contributed by atoms with van der Waals surface area (Å²) in [6.45, 7) is 2.51. The van der Waals surface area contributed by atoms with Crippen LogP contribution in [0.1, 0.15) is 19.3 Å². The van der Waals surface area contributed by atoms with Crippen molar-refractivity contribution >= 4 is 32.5 Å². The number of rotatable bonds is 2. The highest BCUT2D eigenvalue weighted by Crippen LogP contribution is 2.32. The smallest absolute Gasteiger partial charge is 0.134 e. The minimum atomic E-state index is 0.551. The van der Waals surface area contributed by atoms with Gasteiger partial charge in [-0.05, 0) is 37.9 Å². The zero-order chi connectivity index (χ0) is 13.5. The molecule has 0 amide bonds. The zero-order valence-corrected chi connectivity index (χ0v) is 12.9. The summed E-state index contributed by atoms with van der Waals surface area (Å²) in [5, 5.41) is 6.14. The molecule has 3 nitrogen and oxygen atoms in total. The van der Waals surface area contributed by atoms with Crippen molar-refractivity contribution in [2.75, 3.05) is 18.4 Å². The summed E-state index contributed by atoms with van der Waals surface area (Å²) in [5.41, 5.74) is 0. The summed E-state index contributed by atoms with van der Waals surface area (Å²) in [4.78, 5) is 7.20. The summed E-state index contributed by atoms with van der Waals surface area (Å²) >= 11 is 3.63. The van der Waals surface area contributed by atoms with Crippen LogP contribution in [0.2, 0.25) is 0 Å². The first-order valence-corrected chi connectivity index (χ1v) is 8.16. The fraction of sp³-hybridized carbons (Fsp3) is 0.438. The van der Waals surface area contributed by atoms with E-state index in [4.69, 9.17) is 0 Å². The van der Waals surface area contributed by atoms with Crippen LogP contribution >= 0.6 is 15.9 Å². The molecule has 20 heavy (non-hydrogen) atoms. The highest BCUT2D eigenvalue weighted by Gasteiger charge is 2.37. The van der Waals surface area contributed by atoms with E-state index in [2.05, 4.69) is 55.4 Å². The summed E-state index contributed by atoms with van der Waals surface area (Å²) in [7, 11) is 0. The maximum absolute atomic E-state index is 4.58. The fourth-order valence-electron chi connectivity index (χ4n) is 3.71. The van der Waals surface area contributed by atoms with Gasteiger partial charge in [0.05, 0.1) is 0 Å². The van der Waals surface area contributed by atoms with Crippen molar-refractivity contribution < 1.29 is 0 Å². The summed E-state index contributed by atoms with van der Waals surface area (Å²) in [5.74, 6) is 1.03. The molecular weight excluding hydrogens is 314 g/mol. The lowest BCUT2D eigenvalue weighted by molar-refractivity contribution is 0.318. The van der Waals surface area contributed by atoms with Crippen molar-refractivity contribution in [2.24, 2.45) is 0 Å². The number of nitrogens with one attached hydrogen (secondary N) is 1. The van der Waals surface area contributed by atoms with E-state index in [1.807, 2.05) is 6.20 Å². The molecule has 0 radical (unpaired) electrons. The highest BCUT2D eigenvalue weighted by atomic mass is 79.9. The Morgan fingerprint density at radius 2 is 2.10 bits per heavy atom. The number of halogens is 1. The standard InChI is InChI=1S/C16H18BrN3/c17-13-4-1-3-12-11(13)6-8-18-16(12)19-14-7-10-20-9-2-5-15(14)20/h1,3-4,6,8,14-15H,2,5,7,9-10H2,(H,18,19). The Morgan fingerprint density at radius 1 is 1.15 bits per heavy atom. The third-order valence-electron chi connectivity index (χ3n) is 4.68. The lowest BCUT2D eigenvalue weighted by Crippen LogP contribution is -2.34. The van der Waals surface area contributed by atoms with Gasteiger partial charge in [0.15, 0.2) is 0 Å². The third kappa shape index (κ3) is 2.02. The molecule has 2 atom stereocenters. The molecule has 2 saturated heterocycles. The van der Waals surface area contributed by atoms with Crippen molar-refractivity contribution in [2.45, 2.75) is 31.3 Å². The molecule has 2 unspecified atom stereocenters. The summed E-state index contributed by atoms with van der Waals surface area (Å²) in [6, 6.07) is 9.64. The van der Waals surface area contributed by atoms with Gasteiger partial charge >= 0.3 is 0 Å². The predicted octanol–water partition coefficient (Wildman–Crippen LogP) is 3.65. The van der Waals surface area contributed by atoms with Gasteiger partial charge in [0.25, 0.3) is 0 Å². The SMILES string of the molecule is Brc1cccc2c(NC3CCN4CCCC34)nccc12. The van der Waals surface area contributed by atoms with Crippen LogP contribution < -0.4 is 5.32 Å². The van der Waals surface area contributed by atoms with Crippen LogP contribution in [0.15, 0.2) is 34.9 Å². The van der Waals surface area contributed by atoms with E-state index in [0.29, 0.717) is 12.1 Å².